The van der Waals surface area contributed by atoms with Crippen LogP contribution in [0.5, 0.6) is 0 Å². The van der Waals surface area contributed by atoms with E-state index < -0.39 is 6.10 Å². The number of carbonyl (C=O) groups is 3. The third-order valence-electron chi connectivity index (χ3n) is 8.09. The second-order valence-corrected chi connectivity index (χ2v) is 11.4. The van der Waals surface area contributed by atoms with Gasteiger partial charge in [0.15, 0.2) is 0 Å². The molecule has 10 heteroatoms. The summed E-state index contributed by atoms with van der Waals surface area (Å²) < 4.78 is 27.8. The van der Waals surface area contributed by atoms with Crippen LogP contribution in [0.2, 0.25) is 0 Å². The molecule has 4 aliphatic heterocycles. The predicted octanol–water partition coefficient (Wildman–Crippen LogP) is 4.04. The van der Waals surface area contributed by atoms with E-state index in [1.165, 1.54) is 22.6 Å². The second kappa shape index (κ2) is 12.0. The van der Waals surface area contributed by atoms with E-state index in [-0.39, 0.29) is 43.1 Å². The van der Waals surface area contributed by atoms with Crippen LogP contribution in [0.1, 0.15) is 29.9 Å². The average molecular weight is 597 g/mol. The highest BCUT2D eigenvalue weighted by Gasteiger charge is 2.49. The fourth-order valence-corrected chi connectivity index (χ4v) is 5.60. The molecule has 1 aliphatic carbocycles. The Hall–Kier alpha value is -4.35. The number of amides is 3. The van der Waals surface area contributed by atoms with E-state index in [0.29, 0.717) is 42.4 Å². The first-order chi connectivity index (χ1) is 21.4. The van der Waals surface area contributed by atoms with Gasteiger partial charge < -0.3 is 23.4 Å². The zero-order valence-corrected chi connectivity index (χ0v) is 24.1. The summed E-state index contributed by atoms with van der Waals surface area (Å²) in [7, 11) is 0. The first-order valence-corrected chi connectivity index (χ1v) is 14.7. The number of allylic oxidation sites excluding steroid dienone is 5. The lowest BCUT2D eigenvalue weighted by atomic mass is 9.95. The molecule has 0 bridgehead atoms. The Morgan fingerprint density at radius 1 is 0.864 bits per heavy atom. The fraction of sp³-hybridized carbons (Fsp3) is 0.324. The maximum absolute atomic E-state index is 13.2. The molecule has 5 aliphatic rings. The number of ether oxygens (including phenoxy) is 4. The molecule has 0 spiro atoms. The van der Waals surface area contributed by atoms with Gasteiger partial charge in [-0.2, -0.15) is 0 Å². The number of carbonyl (C=O) groups excluding carboxylic acids is 3. The van der Waals surface area contributed by atoms with Crippen LogP contribution in [0.4, 0.5) is 5.69 Å². The molecule has 44 heavy (non-hydrogen) atoms. The standard InChI is InChI=1S/C34H32N2O8/c1-21-2-13-31(37)35(21)24-7-3-22(4-8-24)14-23-5-9-25(10-6-23)36-32(38)15-29(34(36)39)33-30(44-33)20-41-17-27-12-11-26(43-27)16-40-18-28-19-42-28/h2-5,7-9,11-13,15,28,30,33H,1,6,10,14,16-20H2. The van der Waals surface area contributed by atoms with Gasteiger partial charge in [0, 0.05) is 29.2 Å². The fourth-order valence-electron chi connectivity index (χ4n) is 5.60. The molecule has 2 aromatic rings. The first-order valence-electron chi connectivity index (χ1n) is 14.7. The van der Waals surface area contributed by atoms with E-state index in [2.05, 4.69) is 6.58 Å². The molecule has 3 unspecified atom stereocenters. The van der Waals surface area contributed by atoms with Crippen molar-refractivity contribution in [3.63, 3.8) is 0 Å². The van der Waals surface area contributed by atoms with Crippen LogP contribution in [-0.2, 0) is 53.0 Å². The highest BCUT2D eigenvalue weighted by molar-refractivity contribution is 6.18. The Bertz CT molecular complexity index is 1610. The molecule has 0 saturated carbocycles. The molecule has 0 N–H and O–H groups in total. The van der Waals surface area contributed by atoms with Crippen LogP contribution < -0.4 is 4.90 Å². The van der Waals surface area contributed by atoms with E-state index in [0.717, 1.165) is 36.5 Å². The van der Waals surface area contributed by atoms with Crippen molar-refractivity contribution in [2.75, 3.05) is 24.7 Å². The largest absolute Gasteiger partial charge is 0.461 e. The summed E-state index contributed by atoms with van der Waals surface area (Å²) in [6, 6.07) is 11.5. The zero-order chi connectivity index (χ0) is 30.2. The van der Waals surface area contributed by atoms with Crippen molar-refractivity contribution in [1.29, 1.82) is 0 Å². The number of rotatable bonds is 13. The molecule has 7 rings (SSSR count). The number of hydrogen-bond acceptors (Lipinski definition) is 8. The number of epoxide rings is 2. The van der Waals surface area contributed by atoms with E-state index in [9.17, 15) is 14.4 Å². The van der Waals surface area contributed by atoms with Gasteiger partial charge in [0.1, 0.15) is 43.0 Å². The predicted molar refractivity (Wildman–Crippen MR) is 158 cm³/mol. The Morgan fingerprint density at radius 3 is 2.27 bits per heavy atom. The molecule has 3 atom stereocenters. The molecular formula is C34H32N2O8. The van der Waals surface area contributed by atoms with Crippen LogP contribution in [0.15, 0.2) is 100 Å². The molecule has 226 valence electrons. The molecule has 10 nitrogen and oxygen atoms in total. The summed E-state index contributed by atoms with van der Waals surface area (Å²) in [5.41, 5.74) is 4.79. The van der Waals surface area contributed by atoms with Gasteiger partial charge in [-0.3, -0.25) is 19.3 Å². The maximum atomic E-state index is 13.2. The zero-order valence-electron chi connectivity index (χ0n) is 24.1. The quantitative estimate of drug-likeness (QED) is 0.252. The maximum Gasteiger partial charge on any atom is 0.263 e. The van der Waals surface area contributed by atoms with Crippen molar-refractivity contribution < 1.29 is 37.7 Å². The van der Waals surface area contributed by atoms with Crippen molar-refractivity contribution in [2.45, 2.75) is 50.8 Å². The van der Waals surface area contributed by atoms with Crippen LogP contribution in [0.25, 0.3) is 0 Å². The number of benzene rings is 1. The van der Waals surface area contributed by atoms with E-state index in [1.54, 1.807) is 11.0 Å². The molecular weight excluding hydrogens is 564 g/mol. The summed E-state index contributed by atoms with van der Waals surface area (Å²) in [4.78, 5) is 40.9. The Kier molecular flexibility index (Phi) is 7.73. The average Bonchev–Trinajstić information content (AvgIpc) is 3.89. The summed E-state index contributed by atoms with van der Waals surface area (Å²) in [6.07, 6.45) is 9.96. The molecule has 0 radical (unpaired) electrons. The van der Waals surface area contributed by atoms with Gasteiger partial charge in [0.25, 0.3) is 17.7 Å². The Balaban J connectivity index is 0.877. The van der Waals surface area contributed by atoms with Crippen molar-refractivity contribution in [1.82, 2.24) is 4.90 Å². The monoisotopic (exact) mass is 596 g/mol. The van der Waals surface area contributed by atoms with Gasteiger partial charge in [-0.05, 0) is 61.2 Å². The number of nitrogens with zero attached hydrogens (tertiary/aromatic N) is 2. The van der Waals surface area contributed by atoms with Gasteiger partial charge in [0.2, 0.25) is 0 Å². The van der Waals surface area contributed by atoms with Gasteiger partial charge >= 0.3 is 0 Å². The van der Waals surface area contributed by atoms with Crippen LogP contribution in [-0.4, -0.2) is 60.8 Å². The number of furan rings is 1. The van der Waals surface area contributed by atoms with Gasteiger partial charge in [0.05, 0.1) is 25.4 Å². The van der Waals surface area contributed by atoms with Crippen LogP contribution >= 0.6 is 0 Å². The normalized spacial score (nSPS) is 24.3. The molecule has 2 saturated heterocycles. The first kappa shape index (κ1) is 28.4. The smallest absolute Gasteiger partial charge is 0.263 e. The second-order valence-electron chi connectivity index (χ2n) is 11.4. The molecule has 5 heterocycles. The lowest BCUT2D eigenvalue weighted by Gasteiger charge is -2.22. The summed E-state index contributed by atoms with van der Waals surface area (Å²) in [6.45, 7) is 6.16. The minimum Gasteiger partial charge on any atom is -0.461 e. The third kappa shape index (κ3) is 6.15. The van der Waals surface area contributed by atoms with E-state index in [1.807, 2.05) is 48.6 Å². The van der Waals surface area contributed by atoms with Gasteiger partial charge in [-0.25, -0.2) is 4.90 Å². The van der Waals surface area contributed by atoms with Crippen LogP contribution in [0.3, 0.4) is 0 Å². The van der Waals surface area contributed by atoms with Gasteiger partial charge in [-0.15, -0.1) is 0 Å². The summed E-state index contributed by atoms with van der Waals surface area (Å²) >= 11 is 0. The molecule has 1 aromatic heterocycles. The highest BCUT2D eigenvalue weighted by Crippen LogP contribution is 2.36. The summed E-state index contributed by atoms with van der Waals surface area (Å²) in [5.74, 6) is 0.625. The van der Waals surface area contributed by atoms with Gasteiger partial charge in [-0.1, -0.05) is 30.4 Å². The SMILES string of the molecule is C=C1C=CC(=O)N1c1ccc(CC2=CC=C(N3C(=O)C=C(C4OC4COCc4ccc(COCC5CO5)o4)C3=O)CC2)cc1. The minimum atomic E-state index is -0.455. The summed E-state index contributed by atoms with van der Waals surface area (Å²) in [5, 5.41) is 0. The van der Waals surface area contributed by atoms with Crippen molar-refractivity contribution in [2.24, 2.45) is 0 Å². The van der Waals surface area contributed by atoms with Crippen molar-refractivity contribution in [3.8, 4) is 0 Å². The van der Waals surface area contributed by atoms with Crippen molar-refractivity contribution in [3.05, 3.63) is 113 Å². The van der Waals surface area contributed by atoms with Crippen molar-refractivity contribution >= 4 is 23.4 Å². The minimum absolute atomic E-state index is 0.0998. The molecule has 3 amide bonds. The number of hydrogen-bond donors (Lipinski definition) is 0. The topological polar surface area (TPSA) is 114 Å². The Morgan fingerprint density at radius 2 is 1.61 bits per heavy atom. The lowest BCUT2D eigenvalue weighted by molar-refractivity contribution is -0.135. The number of imide groups is 1. The van der Waals surface area contributed by atoms with Crippen LogP contribution in [0, 0.1) is 0 Å². The lowest BCUT2D eigenvalue weighted by Crippen LogP contribution is -2.32. The van der Waals surface area contributed by atoms with E-state index >= 15 is 0 Å². The highest BCUT2D eigenvalue weighted by atomic mass is 16.6. The molecule has 1 aromatic carbocycles. The molecule has 2 fully saturated rings. The third-order valence-corrected chi connectivity index (χ3v) is 8.09. The number of anilines is 1. The Labute approximate surface area is 254 Å². The van der Waals surface area contributed by atoms with E-state index in [4.69, 9.17) is 23.4 Å².